The summed E-state index contributed by atoms with van der Waals surface area (Å²) in [4.78, 5) is 1.76. The van der Waals surface area contributed by atoms with Crippen molar-refractivity contribution in [2.24, 2.45) is 0 Å². The number of quaternary nitrogens is 1. The molecule has 0 spiro atoms. The zero-order valence-electron chi connectivity index (χ0n) is 9.80. The lowest BCUT2D eigenvalue weighted by Crippen LogP contribution is -3.13. The van der Waals surface area contributed by atoms with Gasteiger partial charge in [-0.1, -0.05) is 0 Å². The lowest BCUT2D eigenvalue weighted by Gasteiger charge is -2.22. The molecule has 0 saturated carbocycles. The summed E-state index contributed by atoms with van der Waals surface area (Å²) in [5, 5.41) is 4.34. The Hall–Kier alpha value is -1.44. The van der Waals surface area contributed by atoms with Crippen LogP contribution in [0.15, 0.2) is 27.2 Å². The predicted molar refractivity (Wildman–Crippen MR) is 64.5 cm³/mol. The lowest BCUT2D eigenvalue weighted by atomic mass is 10.4. The molecule has 0 amide bonds. The molecule has 3 heterocycles. The fourth-order valence-electron chi connectivity index (χ4n) is 1.94. The summed E-state index contributed by atoms with van der Waals surface area (Å²) in [6.07, 6.45) is 1.58. The molecule has 0 bridgehead atoms. The quantitative estimate of drug-likeness (QED) is 0.813. The number of nitrogens with one attached hydrogen (secondary N) is 1. The molecule has 0 aliphatic carbocycles. The van der Waals surface area contributed by atoms with Crippen LogP contribution >= 0.6 is 12.2 Å². The van der Waals surface area contributed by atoms with Crippen molar-refractivity contribution < 1.29 is 18.5 Å². The van der Waals surface area contributed by atoms with Gasteiger partial charge in [-0.25, -0.2) is 0 Å². The largest absolute Gasteiger partial charge is 0.459 e. The SMILES string of the molecule is S=c1oc(-c2ccco2)nn1C[NH+]1CCOCC1. The second-order valence-corrected chi connectivity index (χ2v) is 4.52. The molecule has 1 aliphatic heterocycles. The maximum absolute atomic E-state index is 5.43. The normalized spacial score (nSPS) is 17.1. The number of morpholine rings is 1. The van der Waals surface area contributed by atoms with Gasteiger partial charge in [0, 0.05) is 0 Å². The highest BCUT2D eigenvalue weighted by Gasteiger charge is 2.17. The third-order valence-corrected chi connectivity index (χ3v) is 3.21. The summed E-state index contributed by atoms with van der Waals surface area (Å²) >= 11 is 5.16. The molecule has 1 fully saturated rings. The molecule has 0 atom stereocenters. The molecule has 1 N–H and O–H groups in total. The highest BCUT2D eigenvalue weighted by Crippen LogP contribution is 2.17. The Morgan fingerprint density at radius 3 is 2.94 bits per heavy atom. The Bertz CT molecular complexity index is 554. The Labute approximate surface area is 109 Å². The molecule has 0 radical (unpaired) electrons. The summed E-state index contributed by atoms with van der Waals surface area (Å²) in [7, 11) is 0. The van der Waals surface area contributed by atoms with E-state index in [9.17, 15) is 0 Å². The van der Waals surface area contributed by atoms with E-state index in [-0.39, 0.29) is 0 Å². The number of ether oxygens (including phenoxy) is 1. The van der Waals surface area contributed by atoms with Crippen molar-refractivity contribution in [2.45, 2.75) is 6.67 Å². The average Bonchev–Trinajstić information content (AvgIpc) is 3.01. The van der Waals surface area contributed by atoms with Gasteiger partial charge in [0.15, 0.2) is 12.4 Å². The van der Waals surface area contributed by atoms with Gasteiger partial charge >= 0.3 is 0 Å². The standard InChI is InChI=1S/C11H13N3O3S/c18-11-14(8-13-3-6-15-7-4-13)12-10(17-11)9-2-1-5-16-9/h1-2,5H,3-4,6-8H2/p+1. The van der Waals surface area contributed by atoms with Crippen molar-refractivity contribution in [3.05, 3.63) is 23.2 Å². The van der Waals surface area contributed by atoms with Gasteiger partial charge in [-0.15, -0.1) is 5.10 Å². The number of nitrogens with zero attached hydrogens (tertiary/aromatic N) is 2. The highest BCUT2D eigenvalue weighted by molar-refractivity contribution is 7.71. The summed E-state index contributed by atoms with van der Waals surface area (Å²) in [5.41, 5.74) is 0. The minimum atomic E-state index is 0.375. The van der Waals surface area contributed by atoms with E-state index >= 15 is 0 Å². The van der Waals surface area contributed by atoms with Crippen LogP contribution in [0.4, 0.5) is 0 Å². The van der Waals surface area contributed by atoms with Gasteiger partial charge in [0.2, 0.25) is 0 Å². The molecule has 1 aliphatic rings. The first-order valence-corrected chi connectivity index (χ1v) is 6.27. The van der Waals surface area contributed by atoms with Gasteiger partial charge in [-0.3, -0.25) is 0 Å². The number of rotatable bonds is 3. The summed E-state index contributed by atoms with van der Waals surface area (Å²) in [6.45, 7) is 4.19. The summed E-state index contributed by atoms with van der Waals surface area (Å²) in [5.74, 6) is 1.02. The Kier molecular flexibility index (Phi) is 3.26. The first-order valence-electron chi connectivity index (χ1n) is 5.86. The predicted octanol–water partition coefficient (Wildman–Crippen LogP) is 0.338. The molecule has 0 aromatic carbocycles. The van der Waals surface area contributed by atoms with Crippen LogP contribution in [0.25, 0.3) is 11.7 Å². The maximum Gasteiger partial charge on any atom is 0.292 e. The molecule has 6 nitrogen and oxygen atoms in total. The Morgan fingerprint density at radius 1 is 1.39 bits per heavy atom. The smallest absolute Gasteiger partial charge is 0.292 e. The molecule has 2 aromatic heterocycles. The van der Waals surface area contributed by atoms with Crippen molar-refractivity contribution in [1.82, 2.24) is 9.78 Å². The minimum absolute atomic E-state index is 0.375. The number of furan rings is 1. The van der Waals surface area contributed by atoms with E-state index in [2.05, 4.69) is 5.10 Å². The van der Waals surface area contributed by atoms with Crippen LogP contribution in [-0.4, -0.2) is 36.1 Å². The summed E-state index contributed by atoms with van der Waals surface area (Å²) in [6, 6.07) is 3.59. The van der Waals surface area contributed by atoms with E-state index in [0.717, 1.165) is 26.3 Å². The van der Waals surface area contributed by atoms with Gasteiger partial charge in [0.25, 0.3) is 10.7 Å². The first kappa shape index (κ1) is 11.6. The topological polar surface area (TPSA) is 57.8 Å². The Morgan fingerprint density at radius 2 is 2.22 bits per heavy atom. The van der Waals surface area contributed by atoms with Crippen molar-refractivity contribution in [3.8, 4) is 11.7 Å². The van der Waals surface area contributed by atoms with Crippen LogP contribution in [0, 0.1) is 4.84 Å². The molecular formula is C11H14N3O3S+. The van der Waals surface area contributed by atoms with Crippen LogP contribution in [0.2, 0.25) is 0 Å². The first-order chi connectivity index (χ1) is 8.83. The highest BCUT2D eigenvalue weighted by atomic mass is 32.1. The monoisotopic (exact) mass is 268 g/mol. The molecule has 96 valence electrons. The van der Waals surface area contributed by atoms with Gasteiger partial charge in [0.1, 0.15) is 13.1 Å². The maximum atomic E-state index is 5.43. The average molecular weight is 268 g/mol. The molecule has 0 unspecified atom stereocenters. The van der Waals surface area contributed by atoms with E-state index in [1.165, 1.54) is 4.90 Å². The van der Waals surface area contributed by atoms with E-state index in [1.807, 2.05) is 0 Å². The van der Waals surface area contributed by atoms with Crippen LogP contribution in [0.1, 0.15) is 0 Å². The van der Waals surface area contributed by atoms with Crippen LogP contribution in [0.3, 0.4) is 0 Å². The van der Waals surface area contributed by atoms with Gasteiger partial charge in [-0.05, 0) is 24.4 Å². The van der Waals surface area contributed by atoms with Crippen molar-refractivity contribution in [3.63, 3.8) is 0 Å². The fraction of sp³-hybridized carbons (Fsp3) is 0.455. The van der Waals surface area contributed by atoms with Crippen molar-refractivity contribution >= 4 is 12.2 Å². The van der Waals surface area contributed by atoms with Gasteiger partial charge in [-0.2, -0.15) is 4.68 Å². The number of hydrogen-bond acceptors (Lipinski definition) is 5. The zero-order valence-corrected chi connectivity index (χ0v) is 10.6. The Balaban J connectivity index is 1.78. The number of aromatic nitrogens is 2. The second-order valence-electron chi connectivity index (χ2n) is 4.17. The van der Waals surface area contributed by atoms with Crippen LogP contribution < -0.4 is 4.90 Å². The second kappa shape index (κ2) is 5.05. The molecule has 18 heavy (non-hydrogen) atoms. The van der Waals surface area contributed by atoms with Crippen molar-refractivity contribution in [1.29, 1.82) is 0 Å². The summed E-state index contributed by atoms with van der Waals surface area (Å²) < 4.78 is 17.7. The van der Waals surface area contributed by atoms with Gasteiger partial charge < -0.3 is 18.5 Å². The molecule has 3 rings (SSSR count). The minimum Gasteiger partial charge on any atom is -0.459 e. The van der Waals surface area contributed by atoms with E-state index in [4.69, 9.17) is 25.8 Å². The van der Waals surface area contributed by atoms with Gasteiger partial charge in [0.05, 0.1) is 19.5 Å². The number of hydrogen-bond donors (Lipinski definition) is 1. The van der Waals surface area contributed by atoms with E-state index in [1.54, 1.807) is 23.1 Å². The molecule has 7 heteroatoms. The molecule has 2 aromatic rings. The zero-order chi connectivity index (χ0) is 12.4. The van der Waals surface area contributed by atoms with E-state index < -0.39 is 0 Å². The third kappa shape index (κ3) is 2.38. The fourth-order valence-corrected chi connectivity index (χ4v) is 2.12. The van der Waals surface area contributed by atoms with E-state index in [0.29, 0.717) is 23.2 Å². The van der Waals surface area contributed by atoms with Crippen LogP contribution in [0.5, 0.6) is 0 Å². The molecular weight excluding hydrogens is 254 g/mol. The third-order valence-electron chi connectivity index (χ3n) is 2.91. The van der Waals surface area contributed by atoms with Crippen LogP contribution in [-0.2, 0) is 11.4 Å². The lowest BCUT2D eigenvalue weighted by molar-refractivity contribution is -0.931. The van der Waals surface area contributed by atoms with Crippen molar-refractivity contribution in [2.75, 3.05) is 26.3 Å². The molecule has 1 saturated heterocycles.